The minimum atomic E-state index is -4.71. The Kier molecular flexibility index (Phi) is 5.15. The molecule has 0 amide bonds. The molecule has 0 unspecified atom stereocenters. The van der Waals surface area contributed by atoms with E-state index in [-0.39, 0.29) is 29.7 Å². The first kappa shape index (κ1) is 19.6. The van der Waals surface area contributed by atoms with Gasteiger partial charge >= 0.3 is 12.3 Å². The van der Waals surface area contributed by atoms with Crippen LogP contribution in [0.3, 0.4) is 0 Å². The van der Waals surface area contributed by atoms with E-state index in [0.29, 0.717) is 30.8 Å². The summed E-state index contributed by atoms with van der Waals surface area (Å²) in [6, 6.07) is 12.2. The van der Waals surface area contributed by atoms with E-state index in [1.807, 2.05) is 24.3 Å². The van der Waals surface area contributed by atoms with Gasteiger partial charge in [0.15, 0.2) is 0 Å². The van der Waals surface area contributed by atoms with Crippen molar-refractivity contribution in [1.29, 1.82) is 0 Å². The second-order valence-electron chi connectivity index (χ2n) is 7.29. The van der Waals surface area contributed by atoms with E-state index in [2.05, 4.69) is 4.74 Å². The number of alkyl halides is 3. The maximum atomic E-state index is 12.6. The first-order valence-electron chi connectivity index (χ1n) is 9.66. The van der Waals surface area contributed by atoms with Gasteiger partial charge in [-0.3, -0.25) is 4.79 Å². The lowest BCUT2D eigenvalue weighted by atomic mass is 10.1. The van der Waals surface area contributed by atoms with Crippen LogP contribution >= 0.6 is 0 Å². The van der Waals surface area contributed by atoms with Crippen LogP contribution in [0.5, 0.6) is 11.5 Å². The van der Waals surface area contributed by atoms with Gasteiger partial charge in [-0.1, -0.05) is 24.3 Å². The van der Waals surface area contributed by atoms with Crippen molar-refractivity contribution < 1.29 is 32.2 Å². The van der Waals surface area contributed by atoms with Crippen molar-refractivity contribution in [3.05, 3.63) is 59.2 Å². The normalized spacial score (nSPS) is 22.7. The summed E-state index contributed by atoms with van der Waals surface area (Å²) in [7, 11) is 0. The number of halogens is 3. The molecule has 4 rings (SSSR count). The highest BCUT2D eigenvalue weighted by Gasteiger charge is 2.45. The molecule has 0 bridgehead atoms. The van der Waals surface area contributed by atoms with Crippen LogP contribution in [0.15, 0.2) is 42.5 Å². The summed E-state index contributed by atoms with van der Waals surface area (Å²) in [6.45, 7) is 2.17. The number of ether oxygens (including phenoxy) is 3. The Morgan fingerprint density at radius 2 is 1.90 bits per heavy atom. The predicted octanol–water partition coefficient (Wildman–Crippen LogP) is 5.32. The van der Waals surface area contributed by atoms with E-state index in [1.54, 1.807) is 19.1 Å². The summed E-state index contributed by atoms with van der Waals surface area (Å²) in [6.07, 6.45) is -3.19. The van der Waals surface area contributed by atoms with Gasteiger partial charge in [-0.2, -0.15) is 0 Å². The molecule has 0 heterocycles. The molecule has 154 valence electrons. The number of benzene rings is 2. The van der Waals surface area contributed by atoms with Gasteiger partial charge in [0.1, 0.15) is 17.6 Å². The van der Waals surface area contributed by atoms with E-state index in [1.165, 1.54) is 6.07 Å². The van der Waals surface area contributed by atoms with Gasteiger partial charge in [-0.15, -0.1) is 13.2 Å². The summed E-state index contributed by atoms with van der Waals surface area (Å²) in [4.78, 5) is 11.8. The van der Waals surface area contributed by atoms with Crippen LogP contribution in [0.4, 0.5) is 13.2 Å². The Morgan fingerprint density at radius 1 is 1.14 bits per heavy atom. The summed E-state index contributed by atoms with van der Waals surface area (Å²) in [5, 5.41) is 0. The smallest absolute Gasteiger partial charge is 0.486 e. The average molecular weight is 406 g/mol. The monoisotopic (exact) mass is 406 g/mol. The maximum Gasteiger partial charge on any atom is 0.573 e. The molecule has 0 radical (unpaired) electrons. The number of fused-ring (bicyclic) bond motifs is 1. The molecule has 0 N–H and O–H groups in total. The van der Waals surface area contributed by atoms with Crippen molar-refractivity contribution in [2.24, 2.45) is 5.92 Å². The molecular weight excluding hydrogens is 385 g/mol. The lowest BCUT2D eigenvalue weighted by molar-refractivity contribution is -0.274. The molecule has 1 saturated carbocycles. The Morgan fingerprint density at radius 3 is 2.59 bits per heavy atom. The largest absolute Gasteiger partial charge is 0.573 e. The topological polar surface area (TPSA) is 44.8 Å². The number of hydrogen-bond donors (Lipinski definition) is 0. The fourth-order valence-corrected chi connectivity index (χ4v) is 3.96. The van der Waals surface area contributed by atoms with Gasteiger partial charge in [-0.05, 0) is 61.4 Å². The van der Waals surface area contributed by atoms with E-state index >= 15 is 0 Å². The van der Waals surface area contributed by atoms with Crippen LogP contribution < -0.4 is 9.47 Å². The Labute approximate surface area is 166 Å². The zero-order chi connectivity index (χ0) is 20.6. The molecule has 0 spiro atoms. The van der Waals surface area contributed by atoms with E-state index in [9.17, 15) is 18.0 Å². The summed E-state index contributed by atoms with van der Waals surface area (Å²) >= 11 is 0. The molecule has 2 aliphatic rings. The zero-order valence-electron chi connectivity index (χ0n) is 15.9. The Hall–Kier alpha value is -2.70. The number of carbonyl (C=O) groups is 1. The number of carbonyl (C=O) groups excluding carboxylic acids is 1. The minimum Gasteiger partial charge on any atom is -0.486 e. The zero-order valence-corrected chi connectivity index (χ0v) is 15.9. The van der Waals surface area contributed by atoms with Crippen LogP contribution in [0.1, 0.15) is 48.5 Å². The van der Waals surface area contributed by atoms with Crippen LogP contribution in [0, 0.1) is 5.92 Å². The van der Waals surface area contributed by atoms with Crippen molar-refractivity contribution in [3.8, 4) is 11.5 Å². The number of esters is 1. The van der Waals surface area contributed by atoms with Crippen molar-refractivity contribution >= 4 is 5.97 Å². The lowest BCUT2D eigenvalue weighted by Crippen LogP contribution is -2.18. The first-order valence-corrected chi connectivity index (χ1v) is 9.66. The number of hydrogen-bond acceptors (Lipinski definition) is 4. The molecule has 29 heavy (non-hydrogen) atoms. The highest BCUT2D eigenvalue weighted by molar-refractivity contribution is 5.77. The number of rotatable bonds is 6. The van der Waals surface area contributed by atoms with Crippen LogP contribution in [-0.4, -0.2) is 18.9 Å². The van der Waals surface area contributed by atoms with Gasteiger partial charge in [0.05, 0.1) is 12.5 Å². The second kappa shape index (κ2) is 7.61. The summed E-state index contributed by atoms with van der Waals surface area (Å²) in [5.74, 6) is 0.433. The molecule has 0 aromatic heterocycles. The maximum absolute atomic E-state index is 12.6. The highest BCUT2D eigenvalue weighted by atomic mass is 19.4. The van der Waals surface area contributed by atoms with Gasteiger partial charge in [-0.25, -0.2) is 0 Å². The van der Waals surface area contributed by atoms with Gasteiger partial charge in [0.25, 0.3) is 0 Å². The van der Waals surface area contributed by atoms with Gasteiger partial charge < -0.3 is 14.2 Å². The Bertz CT molecular complexity index is 892. The standard InChI is InChI=1S/C22H21F3O4/c1-2-27-21(26)18-12-17(18)13-6-8-14(9-7-13)28-19-11-10-16-15(19)4-3-5-20(16)29-22(23,24)25/h3-9,17-19H,2,10-12H2,1H3/t17-,18+,19+/m0/s1. The third kappa shape index (κ3) is 4.33. The highest BCUT2D eigenvalue weighted by Crippen LogP contribution is 2.48. The Balaban J connectivity index is 1.42. The van der Waals surface area contributed by atoms with Crippen LogP contribution in [-0.2, 0) is 16.0 Å². The molecule has 2 aromatic carbocycles. The van der Waals surface area contributed by atoms with E-state index < -0.39 is 6.36 Å². The van der Waals surface area contributed by atoms with Crippen molar-refractivity contribution in [1.82, 2.24) is 0 Å². The predicted molar refractivity (Wildman–Crippen MR) is 98.7 cm³/mol. The lowest BCUT2D eigenvalue weighted by Gasteiger charge is -2.16. The molecule has 7 heteroatoms. The van der Waals surface area contributed by atoms with E-state index in [0.717, 1.165) is 17.5 Å². The van der Waals surface area contributed by atoms with Crippen LogP contribution in [0.25, 0.3) is 0 Å². The summed E-state index contributed by atoms with van der Waals surface area (Å²) < 4.78 is 53.0. The first-order chi connectivity index (χ1) is 13.9. The molecule has 0 saturated heterocycles. The van der Waals surface area contributed by atoms with Crippen molar-refractivity contribution in [2.45, 2.75) is 44.6 Å². The molecule has 0 aliphatic heterocycles. The quantitative estimate of drug-likeness (QED) is 0.610. The molecule has 3 atom stereocenters. The van der Waals surface area contributed by atoms with Crippen LogP contribution in [0.2, 0.25) is 0 Å². The SMILES string of the molecule is CCOC(=O)[C@@H]1C[C@H]1c1ccc(O[C@@H]2CCc3c(OC(F)(F)F)cccc32)cc1. The van der Waals surface area contributed by atoms with Crippen molar-refractivity contribution in [2.75, 3.05) is 6.61 Å². The van der Waals surface area contributed by atoms with Gasteiger partial charge in [0.2, 0.25) is 0 Å². The summed E-state index contributed by atoms with van der Waals surface area (Å²) in [5.41, 5.74) is 2.32. The minimum absolute atomic E-state index is 0.0736. The molecule has 2 aromatic rings. The third-order valence-electron chi connectivity index (χ3n) is 5.36. The second-order valence-corrected chi connectivity index (χ2v) is 7.29. The molecular formula is C22H21F3O4. The van der Waals surface area contributed by atoms with E-state index in [4.69, 9.17) is 9.47 Å². The fourth-order valence-electron chi connectivity index (χ4n) is 3.96. The molecule has 2 aliphatic carbocycles. The third-order valence-corrected chi connectivity index (χ3v) is 5.36. The molecule has 1 fully saturated rings. The fraction of sp³-hybridized carbons (Fsp3) is 0.409. The molecule has 4 nitrogen and oxygen atoms in total. The average Bonchev–Trinajstić information content (AvgIpc) is 3.37. The van der Waals surface area contributed by atoms with Crippen molar-refractivity contribution in [3.63, 3.8) is 0 Å². The van der Waals surface area contributed by atoms with Gasteiger partial charge in [0, 0.05) is 5.56 Å².